The van der Waals surface area contributed by atoms with Crippen LogP contribution in [0.4, 0.5) is 14.9 Å². The van der Waals surface area contributed by atoms with Crippen LogP contribution in [0.3, 0.4) is 0 Å². The number of hydrogen-bond acceptors (Lipinski definition) is 3. The maximum absolute atomic E-state index is 14.0. The summed E-state index contributed by atoms with van der Waals surface area (Å²) in [5.41, 5.74) is 1.97. The third-order valence-electron chi connectivity index (χ3n) is 4.32. The number of aryl methyl sites for hydroxylation is 2. The van der Waals surface area contributed by atoms with Crippen molar-refractivity contribution in [3.63, 3.8) is 0 Å². The number of benzene rings is 1. The quantitative estimate of drug-likeness (QED) is 0.810. The number of carbonyl (C=O) groups is 1. The molecule has 1 aromatic heterocycles. The molecule has 1 saturated heterocycles. The summed E-state index contributed by atoms with van der Waals surface area (Å²) in [6.45, 7) is 4.52. The first kappa shape index (κ1) is 17.0. The zero-order valence-corrected chi connectivity index (χ0v) is 15.2. The van der Waals surface area contributed by atoms with Crippen molar-refractivity contribution in [2.75, 3.05) is 11.9 Å². The van der Waals surface area contributed by atoms with Gasteiger partial charge >= 0.3 is 6.03 Å². The Morgan fingerprint density at radius 3 is 3.04 bits per heavy atom. The summed E-state index contributed by atoms with van der Waals surface area (Å²) in [7, 11) is 0. The lowest BCUT2D eigenvalue weighted by molar-refractivity contribution is 0.206. The van der Waals surface area contributed by atoms with Gasteiger partial charge in [-0.15, -0.1) is 0 Å². The number of urea groups is 1. The maximum Gasteiger partial charge on any atom is 0.322 e. The molecule has 0 aliphatic carbocycles. The minimum absolute atomic E-state index is 0.0790. The number of nitrogens with one attached hydrogen (secondary N) is 1. The van der Waals surface area contributed by atoms with E-state index in [0.29, 0.717) is 11.0 Å². The van der Waals surface area contributed by atoms with Gasteiger partial charge in [0.25, 0.3) is 0 Å². The van der Waals surface area contributed by atoms with Crippen molar-refractivity contribution >= 4 is 27.6 Å². The smallest absolute Gasteiger partial charge is 0.322 e. The summed E-state index contributed by atoms with van der Waals surface area (Å²) in [5, 5.41) is 6.70. The summed E-state index contributed by atoms with van der Waals surface area (Å²) in [6.07, 6.45) is 2.48. The Bertz CT molecular complexity index is 762. The highest BCUT2D eigenvalue weighted by molar-refractivity contribution is 9.10. The number of hydrogen-bond donors (Lipinski definition) is 1. The SMILES string of the molecule is CCc1onc(C)c1C1CCCN1C(=O)Nc1ccc(Br)cc1F. The number of anilines is 1. The second-order valence-electron chi connectivity index (χ2n) is 5.86. The molecular weight excluding hydrogens is 377 g/mol. The van der Waals surface area contributed by atoms with Crippen LogP contribution in [0.15, 0.2) is 27.2 Å². The minimum atomic E-state index is -0.469. The molecule has 1 aliphatic heterocycles. The average Bonchev–Trinajstić information content (AvgIpc) is 3.15. The number of aromatic nitrogens is 1. The van der Waals surface area contributed by atoms with Crippen LogP contribution in [-0.4, -0.2) is 22.6 Å². The van der Waals surface area contributed by atoms with Crippen LogP contribution in [0.5, 0.6) is 0 Å². The third kappa shape index (κ3) is 3.17. The van der Waals surface area contributed by atoms with E-state index in [4.69, 9.17) is 4.52 Å². The molecule has 0 spiro atoms. The average molecular weight is 396 g/mol. The molecule has 7 heteroatoms. The first-order valence-corrected chi connectivity index (χ1v) is 8.78. The van der Waals surface area contributed by atoms with Gasteiger partial charge in [-0.3, -0.25) is 0 Å². The van der Waals surface area contributed by atoms with E-state index < -0.39 is 5.82 Å². The van der Waals surface area contributed by atoms with E-state index in [0.717, 1.165) is 36.3 Å². The molecule has 2 aromatic rings. The van der Waals surface area contributed by atoms with Crippen molar-refractivity contribution in [1.82, 2.24) is 10.1 Å². The van der Waals surface area contributed by atoms with Crippen molar-refractivity contribution in [1.29, 1.82) is 0 Å². The Kier molecular flexibility index (Phi) is 4.89. The van der Waals surface area contributed by atoms with Crippen LogP contribution in [0.25, 0.3) is 0 Å². The summed E-state index contributed by atoms with van der Waals surface area (Å²) in [6, 6.07) is 4.19. The lowest BCUT2D eigenvalue weighted by atomic mass is 10.0. The molecule has 24 heavy (non-hydrogen) atoms. The first-order valence-electron chi connectivity index (χ1n) is 7.99. The number of amides is 2. The van der Waals surface area contributed by atoms with Crippen LogP contribution >= 0.6 is 15.9 Å². The molecule has 1 aromatic carbocycles. The minimum Gasteiger partial charge on any atom is -0.361 e. The largest absolute Gasteiger partial charge is 0.361 e. The van der Waals surface area contributed by atoms with E-state index >= 15 is 0 Å². The molecule has 1 unspecified atom stereocenters. The van der Waals surface area contributed by atoms with Crippen LogP contribution in [0.2, 0.25) is 0 Å². The normalized spacial score (nSPS) is 17.3. The van der Waals surface area contributed by atoms with Crippen LogP contribution in [0, 0.1) is 12.7 Å². The van der Waals surface area contributed by atoms with Crippen LogP contribution < -0.4 is 5.32 Å². The van der Waals surface area contributed by atoms with Crippen molar-refractivity contribution in [2.45, 2.75) is 39.2 Å². The highest BCUT2D eigenvalue weighted by atomic mass is 79.9. The van der Waals surface area contributed by atoms with Gasteiger partial charge in [0, 0.05) is 23.0 Å². The van der Waals surface area contributed by atoms with Crippen LogP contribution in [-0.2, 0) is 6.42 Å². The molecule has 2 heterocycles. The number of halogens is 2. The zero-order chi connectivity index (χ0) is 17.3. The van der Waals surface area contributed by atoms with Gasteiger partial charge in [0.1, 0.15) is 11.6 Å². The topological polar surface area (TPSA) is 58.4 Å². The van der Waals surface area contributed by atoms with Gasteiger partial charge in [-0.05, 0) is 38.0 Å². The van der Waals surface area contributed by atoms with Gasteiger partial charge in [-0.25, -0.2) is 9.18 Å². The first-order chi connectivity index (χ1) is 11.5. The fourth-order valence-corrected chi connectivity index (χ4v) is 3.53. The molecule has 3 rings (SSSR count). The number of likely N-dealkylation sites (tertiary alicyclic amines) is 1. The molecule has 1 atom stereocenters. The number of nitrogens with zero attached hydrogens (tertiary/aromatic N) is 2. The summed E-state index contributed by atoms with van der Waals surface area (Å²) in [4.78, 5) is 14.4. The molecule has 0 saturated carbocycles. The Balaban J connectivity index is 1.82. The third-order valence-corrected chi connectivity index (χ3v) is 4.82. The van der Waals surface area contributed by atoms with E-state index in [1.54, 1.807) is 17.0 Å². The second-order valence-corrected chi connectivity index (χ2v) is 6.78. The monoisotopic (exact) mass is 395 g/mol. The molecular formula is C17H19BrFN3O2. The van der Waals surface area contributed by atoms with E-state index in [2.05, 4.69) is 26.4 Å². The molecule has 1 aliphatic rings. The maximum atomic E-state index is 14.0. The predicted octanol–water partition coefficient (Wildman–Crippen LogP) is 4.82. The predicted molar refractivity (Wildman–Crippen MR) is 92.4 cm³/mol. The van der Waals surface area contributed by atoms with Crippen molar-refractivity contribution in [3.8, 4) is 0 Å². The highest BCUT2D eigenvalue weighted by Crippen LogP contribution is 2.36. The summed E-state index contributed by atoms with van der Waals surface area (Å²) >= 11 is 3.21. The van der Waals surface area contributed by atoms with Crippen molar-refractivity contribution in [2.24, 2.45) is 0 Å². The lowest BCUT2D eigenvalue weighted by Crippen LogP contribution is -2.35. The van der Waals surface area contributed by atoms with E-state index in [1.807, 2.05) is 13.8 Å². The Labute approximate surface area is 148 Å². The van der Waals surface area contributed by atoms with Gasteiger partial charge < -0.3 is 14.7 Å². The summed E-state index contributed by atoms with van der Waals surface area (Å²) < 4.78 is 20.0. The zero-order valence-electron chi connectivity index (χ0n) is 13.6. The summed E-state index contributed by atoms with van der Waals surface area (Å²) in [5.74, 6) is 0.343. The van der Waals surface area contributed by atoms with Gasteiger partial charge in [-0.2, -0.15) is 0 Å². The highest BCUT2D eigenvalue weighted by Gasteiger charge is 2.34. The van der Waals surface area contributed by atoms with Gasteiger partial charge in [0.2, 0.25) is 0 Å². The van der Waals surface area contributed by atoms with Gasteiger partial charge in [0.05, 0.1) is 17.4 Å². The Morgan fingerprint density at radius 2 is 2.33 bits per heavy atom. The number of rotatable bonds is 3. The standard InChI is InChI=1S/C17H19BrFN3O2/c1-3-15-16(10(2)21-24-15)14-5-4-8-22(14)17(23)20-13-7-6-11(18)9-12(13)19/h6-7,9,14H,3-5,8H2,1-2H3,(H,20,23). The lowest BCUT2D eigenvalue weighted by Gasteiger charge is -2.25. The van der Waals surface area contributed by atoms with Gasteiger partial charge in [0.15, 0.2) is 0 Å². The Hall–Kier alpha value is -1.89. The van der Waals surface area contributed by atoms with Crippen LogP contribution in [0.1, 0.15) is 42.8 Å². The van der Waals surface area contributed by atoms with Crippen molar-refractivity contribution < 1.29 is 13.7 Å². The Morgan fingerprint density at radius 1 is 1.54 bits per heavy atom. The van der Waals surface area contributed by atoms with Gasteiger partial charge in [-0.1, -0.05) is 28.0 Å². The molecule has 128 valence electrons. The molecule has 0 bridgehead atoms. The number of carbonyl (C=O) groups excluding carboxylic acids is 1. The molecule has 1 N–H and O–H groups in total. The fraction of sp³-hybridized carbons (Fsp3) is 0.412. The molecule has 2 amide bonds. The molecule has 5 nitrogen and oxygen atoms in total. The van der Waals surface area contributed by atoms with E-state index in [-0.39, 0.29) is 17.8 Å². The fourth-order valence-electron chi connectivity index (χ4n) is 3.19. The molecule has 1 fully saturated rings. The molecule has 0 radical (unpaired) electrons. The second kappa shape index (κ2) is 6.93. The van der Waals surface area contributed by atoms with E-state index in [9.17, 15) is 9.18 Å². The van der Waals surface area contributed by atoms with Crippen molar-refractivity contribution in [3.05, 3.63) is 45.5 Å². The van der Waals surface area contributed by atoms with E-state index in [1.165, 1.54) is 6.07 Å².